The van der Waals surface area contributed by atoms with Crippen molar-refractivity contribution in [2.45, 2.75) is 89.3 Å². The first kappa shape index (κ1) is 73.2. The van der Waals surface area contributed by atoms with E-state index in [1.165, 1.54) is 236 Å². The molecule has 12 heteroatoms. The van der Waals surface area contributed by atoms with Gasteiger partial charge >= 0.3 is 0 Å². The van der Waals surface area contributed by atoms with Crippen LogP contribution in [0.1, 0.15) is 61.2 Å². The summed E-state index contributed by atoms with van der Waals surface area (Å²) in [6.07, 6.45) is 0. The molecule has 0 N–H and O–H groups in total. The third-order valence-corrected chi connectivity index (χ3v) is 34.6. The molecule has 0 spiro atoms. The van der Waals surface area contributed by atoms with Crippen LogP contribution >= 0.6 is 45.3 Å². The van der Waals surface area contributed by atoms with E-state index in [0.29, 0.717) is 0 Å². The minimum atomic E-state index is -1.90. The van der Waals surface area contributed by atoms with Crippen molar-refractivity contribution in [3.05, 3.63) is 328 Å². The van der Waals surface area contributed by atoms with E-state index in [4.69, 9.17) is 4.42 Å². The molecule has 1 aliphatic rings. The minimum absolute atomic E-state index is 0.936. The molecule has 0 saturated heterocycles. The molecule has 11 aromatic heterocycles. The largest absolute Gasteiger partial charge is 0.454 e. The average molecular weight is 1660 g/mol. The zero-order chi connectivity index (χ0) is 82.6. The summed E-state index contributed by atoms with van der Waals surface area (Å²) in [6.45, 7) is 28.9. The maximum absolute atomic E-state index is 6.64. The Morgan fingerprint density at radius 3 is 0.984 bits per heavy atom. The van der Waals surface area contributed by atoms with Gasteiger partial charge in [-0.25, -0.2) is 0 Å². The van der Waals surface area contributed by atoms with Gasteiger partial charge < -0.3 is 31.8 Å². The fraction of sp³-hybridized carbons (Fsp3) is 0.127. The molecular weight excluding hydrogens is 1580 g/mol. The summed E-state index contributed by atoms with van der Waals surface area (Å²) in [7, 11) is 0.364. The molecule has 1 aliphatic heterocycles. The van der Waals surface area contributed by atoms with E-state index in [1.54, 1.807) is 10.4 Å². The Kier molecular flexibility index (Phi) is 16.0. The van der Waals surface area contributed by atoms with Gasteiger partial charge in [-0.2, -0.15) is 0 Å². The van der Waals surface area contributed by atoms with Crippen molar-refractivity contribution >= 4 is 232 Å². The van der Waals surface area contributed by atoms with Crippen LogP contribution in [0.25, 0.3) is 208 Å². The molecule has 0 radical (unpaired) electrons. The molecule has 14 aromatic carbocycles. The molecule has 0 fully saturated rings. The molecule has 0 unspecified atom stereocenters. The number of hydrogen-bond acceptors (Lipinski definition) is 5. The highest BCUT2D eigenvalue weighted by molar-refractivity contribution is 7.28. The SMILES string of the molecule is Cc1ccc(-n2c3cc(C)ccc3c3sc4cc5c6sc7cc(C)ccc7c6n(-c6ccc(C)cc6)c5cc4c32)cc1.Cc1ccc(-n2c3cc4c(cc3c3oc5cc(C)ccc5c32)sc2c3ccc(C)cc3n(-c3ccc(C)cc3)c42)cc1.Cc1ccc(-n2c3cc4c(cc3c3sc5cc(C)ccc5c32)[Si](C)(C)c2c-4n(C)c3cc(C)ccc23)cc1. The van der Waals surface area contributed by atoms with Gasteiger partial charge in [0, 0.05) is 119 Å². The van der Waals surface area contributed by atoms with Crippen LogP contribution in [0.3, 0.4) is 0 Å². The van der Waals surface area contributed by atoms with Crippen LogP contribution in [0.15, 0.2) is 271 Å². The second-order valence-corrected chi connectivity index (χ2v) is 43.9. The number of hydrogen-bond donors (Lipinski definition) is 0. The maximum atomic E-state index is 6.64. The third kappa shape index (κ3) is 10.8. The Morgan fingerprint density at radius 2 is 0.549 bits per heavy atom. The van der Waals surface area contributed by atoms with Gasteiger partial charge in [0.15, 0.2) is 5.58 Å². The van der Waals surface area contributed by atoms with Gasteiger partial charge in [0.2, 0.25) is 0 Å². The zero-order valence-corrected chi connectivity index (χ0v) is 74.9. The monoisotopic (exact) mass is 1660 g/mol. The summed E-state index contributed by atoms with van der Waals surface area (Å²) in [5.41, 5.74) is 38.8. The van der Waals surface area contributed by atoms with E-state index in [0.717, 1.165) is 33.1 Å². The predicted octanol–water partition coefficient (Wildman–Crippen LogP) is 30.8. The lowest BCUT2D eigenvalue weighted by Gasteiger charge is -2.19. The van der Waals surface area contributed by atoms with E-state index in [-0.39, 0.29) is 0 Å². The van der Waals surface area contributed by atoms with Crippen molar-refractivity contribution in [2.75, 3.05) is 0 Å². The van der Waals surface area contributed by atoms with Crippen LogP contribution in [0.4, 0.5) is 0 Å². The normalized spacial score (nSPS) is 12.9. The molecule has 7 nitrogen and oxygen atoms in total. The molecule has 25 aromatic rings. The van der Waals surface area contributed by atoms with Gasteiger partial charge in [-0.1, -0.05) is 174 Å². The summed E-state index contributed by atoms with van der Waals surface area (Å²) in [4.78, 5) is 0. The Hall–Kier alpha value is -12.8. The lowest BCUT2D eigenvalue weighted by Crippen LogP contribution is -2.49. The van der Waals surface area contributed by atoms with Crippen LogP contribution in [-0.4, -0.2) is 35.5 Å². The fourth-order valence-electron chi connectivity index (χ4n) is 20.3. The number of fused-ring (bicyclic) bond motifs is 30. The lowest BCUT2D eigenvalue weighted by atomic mass is 10.1. The van der Waals surface area contributed by atoms with Crippen LogP contribution < -0.4 is 10.4 Å². The number of rotatable bonds is 5. The summed E-state index contributed by atoms with van der Waals surface area (Å²) in [6, 6.07) is 101. The van der Waals surface area contributed by atoms with E-state index >= 15 is 0 Å². The number of benzene rings is 14. The van der Waals surface area contributed by atoms with Crippen LogP contribution in [-0.2, 0) is 7.05 Å². The Balaban J connectivity index is 0.000000104. The second kappa shape index (κ2) is 26.6. The molecule has 122 heavy (non-hydrogen) atoms. The molecule has 0 atom stereocenters. The summed E-state index contributed by atoms with van der Waals surface area (Å²) in [5, 5.41) is 17.5. The molecule has 12 heterocycles. The Bertz CT molecular complexity index is 8470. The highest BCUT2D eigenvalue weighted by Crippen LogP contribution is 2.52. The van der Waals surface area contributed by atoms with Crippen LogP contribution in [0, 0.1) is 76.2 Å². The summed E-state index contributed by atoms with van der Waals surface area (Å²) < 4.78 is 32.3. The molecule has 590 valence electrons. The molecule has 0 aliphatic carbocycles. The molecule has 0 amide bonds. The molecular formula is C110H86N6OS4Si. The van der Waals surface area contributed by atoms with Crippen molar-refractivity contribution in [3.63, 3.8) is 0 Å². The van der Waals surface area contributed by atoms with Gasteiger partial charge in [-0.15, -0.1) is 45.3 Å². The van der Waals surface area contributed by atoms with Gasteiger partial charge in [-0.05, 0) is 264 Å². The highest BCUT2D eigenvalue weighted by Gasteiger charge is 2.43. The first-order valence-electron chi connectivity index (χ1n) is 42.3. The average Bonchev–Trinajstić information content (AvgIpc) is 1.53. The van der Waals surface area contributed by atoms with E-state index in [9.17, 15) is 0 Å². The van der Waals surface area contributed by atoms with E-state index in [1.807, 2.05) is 45.3 Å². The number of aromatic nitrogens is 6. The fourth-order valence-corrected chi connectivity index (χ4v) is 28.8. The van der Waals surface area contributed by atoms with E-state index in [2.05, 4.69) is 391 Å². The van der Waals surface area contributed by atoms with Crippen LogP contribution in [0.2, 0.25) is 13.1 Å². The smallest absolute Gasteiger partial charge is 0.161 e. The van der Waals surface area contributed by atoms with Crippen molar-refractivity contribution < 1.29 is 4.42 Å². The Labute approximate surface area is 722 Å². The Morgan fingerprint density at radius 1 is 0.246 bits per heavy atom. The standard InChI is InChI=1S/C38H28N2OS.C38H28N2S2.C34H30N2SSi/c1-21-5-11-25(12-6-21)39-32-19-30-34(20-29(32)37-35(39)28-16-10-24(4)18-33(28)41-37)42-38-27-15-9-23(3)17-31(27)40(36(30)38)26-13-7-22(2)8-14-26;1-21-5-11-25(12-6-21)39-31-17-23(3)9-15-27(31)37-36(39)30-19-32-29(20-34(30)42-37)38-35(28-16-10-24(4)18-33(28)41-38)40(32)26-13-7-22(2)8-14-26;1-19-7-11-22(12-8-19)36-28-17-26-30(18-25(28)33-31(36)24-14-10-21(3)16-29(24)37-33)38(5,6)34-23-13-9-20(2)15-27(23)35(4)32(26)34/h2*5-20H,1-4H3;7-18H,1-6H3. The van der Waals surface area contributed by atoms with Gasteiger partial charge in [0.05, 0.1) is 68.4 Å². The molecule has 0 saturated carbocycles. The zero-order valence-electron chi connectivity index (χ0n) is 70.6. The van der Waals surface area contributed by atoms with Crippen molar-refractivity contribution in [1.29, 1.82) is 0 Å². The van der Waals surface area contributed by atoms with Crippen molar-refractivity contribution in [1.82, 2.24) is 27.4 Å². The van der Waals surface area contributed by atoms with Gasteiger partial charge in [0.1, 0.15) is 19.2 Å². The maximum Gasteiger partial charge on any atom is 0.161 e. The van der Waals surface area contributed by atoms with Crippen LogP contribution in [0.5, 0.6) is 0 Å². The molecule has 26 rings (SSSR count). The quantitative estimate of drug-likeness (QED) is 0.158. The summed E-state index contributed by atoms with van der Waals surface area (Å²) >= 11 is 7.69. The first-order valence-corrected chi connectivity index (χ1v) is 48.6. The second-order valence-electron chi connectivity index (χ2n) is 35.4. The topological polar surface area (TPSA) is 42.7 Å². The summed E-state index contributed by atoms with van der Waals surface area (Å²) in [5.74, 6) is 0. The lowest BCUT2D eigenvalue weighted by molar-refractivity contribution is 0.672. The third-order valence-electron chi connectivity index (χ3n) is 26.4. The minimum Gasteiger partial charge on any atom is -0.454 e. The number of nitrogens with zero attached hydrogens (tertiary/aromatic N) is 6. The van der Waals surface area contributed by atoms with Gasteiger partial charge in [-0.3, -0.25) is 0 Å². The number of furan rings is 1. The number of thiophene rings is 4. The first-order chi connectivity index (χ1) is 59.1. The van der Waals surface area contributed by atoms with Crippen molar-refractivity contribution in [3.8, 4) is 39.7 Å². The number of aryl methyl sites for hydroxylation is 12. The highest BCUT2D eigenvalue weighted by atomic mass is 32.1. The van der Waals surface area contributed by atoms with Crippen molar-refractivity contribution in [2.24, 2.45) is 7.05 Å². The van der Waals surface area contributed by atoms with E-state index < -0.39 is 8.07 Å². The predicted molar refractivity (Wildman–Crippen MR) is 533 cm³/mol. The molecule has 0 bridgehead atoms. The van der Waals surface area contributed by atoms with Gasteiger partial charge in [0.25, 0.3) is 0 Å².